The highest BCUT2D eigenvalue weighted by molar-refractivity contribution is 5.94. The first-order valence-electron chi connectivity index (χ1n) is 6.67. The number of carbonyl (C=O) groups is 2. The molecule has 4 N–H and O–H groups in total. The Labute approximate surface area is 120 Å². The average Bonchev–Trinajstić information content (AvgIpc) is 3.17. The molecule has 0 spiro atoms. The Morgan fingerprint density at radius 2 is 1.71 bits per heavy atom. The zero-order valence-corrected chi connectivity index (χ0v) is 11.4. The number of H-pyrrole nitrogens is 2. The van der Waals surface area contributed by atoms with E-state index in [-0.39, 0.29) is 17.8 Å². The number of nitrogens with one attached hydrogen (secondary N) is 2. The molecule has 0 atom stereocenters. The first kappa shape index (κ1) is 13.2. The summed E-state index contributed by atoms with van der Waals surface area (Å²) in [5.41, 5.74) is 6.41. The lowest BCUT2D eigenvalue weighted by Crippen LogP contribution is -2.50. The van der Waals surface area contributed by atoms with Gasteiger partial charge in [0.2, 0.25) is 0 Å². The molecule has 3 heterocycles. The third-order valence-electron chi connectivity index (χ3n) is 3.51. The molecular formula is C13H16N6O2. The number of rotatable bonds is 2. The Morgan fingerprint density at radius 3 is 2.19 bits per heavy atom. The lowest BCUT2D eigenvalue weighted by molar-refractivity contribution is 0.0530. The minimum absolute atomic E-state index is 0.0436. The maximum Gasteiger partial charge on any atom is 0.272 e. The standard InChI is InChI=1S/C13H16N6O2/c14-13-16-8-10(17-13)12(21)19-6-4-18(5-7-19)11(20)9-2-1-3-15-9/h1-3,8,15H,4-7H2,(H3,14,16,17). The number of aromatic nitrogens is 3. The second-order valence-corrected chi connectivity index (χ2v) is 4.85. The molecule has 0 radical (unpaired) electrons. The van der Waals surface area contributed by atoms with Gasteiger partial charge in [-0.3, -0.25) is 9.59 Å². The van der Waals surface area contributed by atoms with Gasteiger partial charge >= 0.3 is 0 Å². The summed E-state index contributed by atoms with van der Waals surface area (Å²) in [6.45, 7) is 1.99. The number of imidazole rings is 1. The van der Waals surface area contributed by atoms with E-state index in [2.05, 4.69) is 15.0 Å². The number of nitrogens with zero attached hydrogens (tertiary/aromatic N) is 3. The largest absolute Gasteiger partial charge is 0.369 e. The van der Waals surface area contributed by atoms with Crippen molar-refractivity contribution in [2.24, 2.45) is 0 Å². The highest BCUT2D eigenvalue weighted by atomic mass is 16.2. The van der Waals surface area contributed by atoms with E-state index in [0.29, 0.717) is 37.6 Å². The molecule has 21 heavy (non-hydrogen) atoms. The Balaban J connectivity index is 1.60. The molecule has 1 aliphatic rings. The van der Waals surface area contributed by atoms with Crippen molar-refractivity contribution in [2.75, 3.05) is 31.9 Å². The average molecular weight is 288 g/mol. The molecule has 2 aromatic heterocycles. The molecule has 2 aromatic rings. The molecule has 0 aromatic carbocycles. The van der Waals surface area contributed by atoms with Crippen LogP contribution in [0.5, 0.6) is 0 Å². The molecule has 3 rings (SSSR count). The van der Waals surface area contributed by atoms with Gasteiger partial charge in [-0.25, -0.2) is 4.98 Å². The normalized spacial score (nSPS) is 15.2. The first-order valence-corrected chi connectivity index (χ1v) is 6.67. The van der Waals surface area contributed by atoms with Gasteiger partial charge in [-0.05, 0) is 12.1 Å². The molecule has 8 nitrogen and oxygen atoms in total. The zero-order chi connectivity index (χ0) is 14.8. The third kappa shape index (κ3) is 2.60. The summed E-state index contributed by atoms with van der Waals surface area (Å²) in [6.07, 6.45) is 3.14. The summed E-state index contributed by atoms with van der Waals surface area (Å²) in [7, 11) is 0. The zero-order valence-electron chi connectivity index (χ0n) is 11.4. The highest BCUT2D eigenvalue weighted by Gasteiger charge is 2.26. The maximum absolute atomic E-state index is 12.2. The van der Waals surface area contributed by atoms with E-state index in [1.165, 1.54) is 6.20 Å². The van der Waals surface area contributed by atoms with Crippen molar-refractivity contribution in [2.45, 2.75) is 0 Å². The van der Waals surface area contributed by atoms with Gasteiger partial charge in [-0.15, -0.1) is 0 Å². The number of piperazine rings is 1. The second kappa shape index (κ2) is 5.31. The summed E-state index contributed by atoms with van der Waals surface area (Å²) in [6, 6.07) is 3.53. The van der Waals surface area contributed by atoms with Crippen molar-refractivity contribution < 1.29 is 9.59 Å². The number of hydrogen-bond acceptors (Lipinski definition) is 4. The Kier molecular flexibility index (Phi) is 3.35. The van der Waals surface area contributed by atoms with Crippen molar-refractivity contribution in [3.05, 3.63) is 35.9 Å². The van der Waals surface area contributed by atoms with Crippen LogP contribution >= 0.6 is 0 Å². The van der Waals surface area contributed by atoms with Gasteiger partial charge in [-0.1, -0.05) is 0 Å². The maximum atomic E-state index is 12.2. The SMILES string of the molecule is Nc1ncc(C(=O)N2CCN(C(=O)c3ccc[nH]3)CC2)[nH]1. The fraction of sp³-hybridized carbons (Fsp3) is 0.308. The Bertz CT molecular complexity index is 639. The van der Waals surface area contributed by atoms with Gasteiger partial charge in [-0.2, -0.15) is 0 Å². The molecule has 8 heteroatoms. The monoisotopic (exact) mass is 288 g/mol. The lowest BCUT2D eigenvalue weighted by Gasteiger charge is -2.34. The van der Waals surface area contributed by atoms with E-state index in [4.69, 9.17) is 5.73 Å². The quantitative estimate of drug-likeness (QED) is 0.717. The third-order valence-corrected chi connectivity index (χ3v) is 3.51. The number of anilines is 1. The smallest absolute Gasteiger partial charge is 0.272 e. The van der Waals surface area contributed by atoms with Crippen LogP contribution in [0.2, 0.25) is 0 Å². The molecule has 0 bridgehead atoms. The number of hydrogen-bond donors (Lipinski definition) is 3. The van der Waals surface area contributed by atoms with Crippen LogP contribution in [0.25, 0.3) is 0 Å². The van der Waals surface area contributed by atoms with E-state index in [1.54, 1.807) is 28.1 Å². The van der Waals surface area contributed by atoms with E-state index < -0.39 is 0 Å². The molecule has 1 saturated heterocycles. The van der Waals surface area contributed by atoms with Crippen molar-refractivity contribution >= 4 is 17.8 Å². The van der Waals surface area contributed by atoms with E-state index in [1.807, 2.05) is 0 Å². The van der Waals surface area contributed by atoms with Crippen LogP contribution in [0, 0.1) is 0 Å². The van der Waals surface area contributed by atoms with Gasteiger partial charge < -0.3 is 25.5 Å². The van der Waals surface area contributed by atoms with Crippen LogP contribution in [0.15, 0.2) is 24.5 Å². The van der Waals surface area contributed by atoms with Crippen LogP contribution in [0.3, 0.4) is 0 Å². The van der Waals surface area contributed by atoms with Crippen LogP contribution < -0.4 is 5.73 Å². The van der Waals surface area contributed by atoms with Crippen molar-refractivity contribution in [1.29, 1.82) is 0 Å². The van der Waals surface area contributed by atoms with Gasteiger partial charge in [0.15, 0.2) is 5.95 Å². The van der Waals surface area contributed by atoms with Gasteiger partial charge in [0.1, 0.15) is 11.4 Å². The summed E-state index contributed by atoms with van der Waals surface area (Å²) < 4.78 is 0. The lowest BCUT2D eigenvalue weighted by atomic mass is 10.2. The van der Waals surface area contributed by atoms with Crippen LogP contribution in [-0.4, -0.2) is 62.7 Å². The summed E-state index contributed by atoms with van der Waals surface area (Å²) >= 11 is 0. The molecule has 0 aliphatic carbocycles. The number of aromatic amines is 2. The first-order chi connectivity index (χ1) is 10.1. The molecule has 0 unspecified atom stereocenters. The Hall–Kier alpha value is -2.77. The number of nitrogens with two attached hydrogens (primary N) is 1. The number of amides is 2. The molecule has 1 aliphatic heterocycles. The van der Waals surface area contributed by atoms with Crippen LogP contribution in [0.1, 0.15) is 21.0 Å². The minimum Gasteiger partial charge on any atom is -0.369 e. The van der Waals surface area contributed by atoms with Gasteiger partial charge in [0.05, 0.1) is 6.20 Å². The topological polar surface area (TPSA) is 111 Å². The van der Waals surface area contributed by atoms with Crippen LogP contribution in [0.4, 0.5) is 5.95 Å². The molecule has 1 fully saturated rings. The second-order valence-electron chi connectivity index (χ2n) is 4.85. The van der Waals surface area contributed by atoms with E-state index >= 15 is 0 Å². The van der Waals surface area contributed by atoms with Crippen molar-refractivity contribution in [3.8, 4) is 0 Å². The fourth-order valence-corrected chi connectivity index (χ4v) is 2.36. The predicted molar refractivity (Wildman–Crippen MR) is 75.6 cm³/mol. The highest BCUT2D eigenvalue weighted by Crippen LogP contribution is 2.10. The van der Waals surface area contributed by atoms with E-state index in [9.17, 15) is 9.59 Å². The summed E-state index contributed by atoms with van der Waals surface area (Å²) in [5.74, 6) is 0.0305. The minimum atomic E-state index is -0.147. The van der Waals surface area contributed by atoms with Crippen LogP contribution in [-0.2, 0) is 0 Å². The molecule has 110 valence electrons. The van der Waals surface area contributed by atoms with E-state index in [0.717, 1.165) is 0 Å². The summed E-state index contributed by atoms with van der Waals surface area (Å²) in [5, 5.41) is 0. The molecule has 2 amide bonds. The predicted octanol–water partition coefficient (Wildman–Crippen LogP) is -0.0818. The molecule has 0 saturated carbocycles. The molecular weight excluding hydrogens is 272 g/mol. The fourth-order valence-electron chi connectivity index (χ4n) is 2.36. The number of carbonyl (C=O) groups excluding carboxylic acids is 2. The number of nitrogen functional groups attached to an aromatic ring is 1. The van der Waals surface area contributed by atoms with Crippen molar-refractivity contribution in [3.63, 3.8) is 0 Å². The Morgan fingerprint density at radius 1 is 1.10 bits per heavy atom. The van der Waals surface area contributed by atoms with Gasteiger partial charge in [0.25, 0.3) is 11.8 Å². The van der Waals surface area contributed by atoms with Crippen molar-refractivity contribution in [1.82, 2.24) is 24.8 Å². The summed E-state index contributed by atoms with van der Waals surface area (Å²) in [4.78, 5) is 37.2. The van der Waals surface area contributed by atoms with Gasteiger partial charge in [0, 0.05) is 32.4 Å².